The second kappa shape index (κ2) is 6.35. The minimum Gasteiger partial charge on any atom is -0.396 e. The van der Waals surface area contributed by atoms with E-state index in [1.54, 1.807) is 0 Å². The fourth-order valence-electron chi connectivity index (χ4n) is 2.84. The van der Waals surface area contributed by atoms with Crippen molar-refractivity contribution in [2.75, 3.05) is 24.6 Å². The predicted molar refractivity (Wildman–Crippen MR) is 83.7 cm³/mol. The highest BCUT2D eigenvalue weighted by Gasteiger charge is 2.20. The third-order valence-electron chi connectivity index (χ3n) is 3.90. The normalized spacial score (nSPS) is 19.5. The molecule has 104 valence electrons. The molecule has 1 unspecified atom stereocenters. The van der Waals surface area contributed by atoms with Gasteiger partial charge in [-0.15, -0.1) is 0 Å². The van der Waals surface area contributed by atoms with Gasteiger partial charge in [0.25, 0.3) is 0 Å². The first-order chi connectivity index (χ1) is 9.11. The second-order valence-electron chi connectivity index (χ2n) is 5.33. The van der Waals surface area contributed by atoms with Crippen LogP contribution in [-0.4, -0.2) is 29.8 Å². The van der Waals surface area contributed by atoms with Gasteiger partial charge in [0.15, 0.2) is 0 Å². The summed E-state index contributed by atoms with van der Waals surface area (Å²) in [7, 11) is 0. The van der Waals surface area contributed by atoms with Crippen molar-refractivity contribution in [3.8, 4) is 0 Å². The molecule has 0 aromatic heterocycles. The van der Waals surface area contributed by atoms with Crippen molar-refractivity contribution in [3.63, 3.8) is 0 Å². The number of benzene rings is 1. The van der Waals surface area contributed by atoms with E-state index in [2.05, 4.69) is 17.0 Å². The first kappa shape index (κ1) is 14.3. The topological polar surface area (TPSA) is 49.5 Å². The molecule has 0 radical (unpaired) electrons. The minimum atomic E-state index is 0.290. The van der Waals surface area contributed by atoms with E-state index in [1.807, 2.05) is 13.0 Å². The van der Waals surface area contributed by atoms with E-state index in [4.69, 9.17) is 23.1 Å². The number of piperidine rings is 1. The van der Waals surface area contributed by atoms with Gasteiger partial charge in [-0.25, -0.2) is 0 Å². The number of anilines is 1. The van der Waals surface area contributed by atoms with Gasteiger partial charge in [-0.2, -0.15) is 0 Å². The molecule has 1 atom stereocenters. The molecule has 0 aliphatic carbocycles. The van der Waals surface area contributed by atoms with Gasteiger partial charge in [0.2, 0.25) is 0 Å². The van der Waals surface area contributed by atoms with Crippen LogP contribution in [0.3, 0.4) is 0 Å². The lowest BCUT2D eigenvalue weighted by molar-refractivity contribution is 0.244. The molecule has 4 heteroatoms. The summed E-state index contributed by atoms with van der Waals surface area (Å²) in [5, 5.41) is 9.07. The van der Waals surface area contributed by atoms with Gasteiger partial charge in [-0.3, -0.25) is 0 Å². The van der Waals surface area contributed by atoms with Gasteiger partial charge in [-0.1, -0.05) is 12.2 Å². The summed E-state index contributed by atoms with van der Waals surface area (Å²) in [6.07, 6.45) is 3.32. The van der Waals surface area contributed by atoms with Gasteiger partial charge in [0, 0.05) is 30.9 Å². The third kappa shape index (κ3) is 3.45. The lowest BCUT2D eigenvalue weighted by atomic mass is 9.94. The van der Waals surface area contributed by atoms with Crippen molar-refractivity contribution in [3.05, 3.63) is 29.3 Å². The van der Waals surface area contributed by atoms with Crippen molar-refractivity contribution in [1.29, 1.82) is 0 Å². The smallest absolute Gasteiger partial charge is 0.104 e. The molecule has 3 nitrogen and oxygen atoms in total. The van der Waals surface area contributed by atoms with Gasteiger partial charge >= 0.3 is 0 Å². The van der Waals surface area contributed by atoms with Crippen molar-refractivity contribution in [1.82, 2.24) is 0 Å². The zero-order valence-electron chi connectivity index (χ0n) is 11.4. The number of nitrogens with two attached hydrogens (primary N) is 1. The molecule has 2 rings (SSSR count). The van der Waals surface area contributed by atoms with Crippen LogP contribution in [0.25, 0.3) is 0 Å². The van der Waals surface area contributed by atoms with Crippen molar-refractivity contribution in [2.45, 2.75) is 26.2 Å². The molecule has 0 bridgehead atoms. The van der Waals surface area contributed by atoms with E-state index in [-0.39, 0.29) is 6.61 Å². The van der Waals surface area contributed by atoms with Gasteiger partial charge in [-0.05, 0) is 55.9 Å². The monoisotopic (exact) mass is 278 g/mol. The summed E-state index contributed by atoms with van der Waals surface area (Å²) in [4.78, 5) is 2.86. The zero-order chi connectivity index (χ0) is 13.8. The SMILES string of the molecule is Cc1cc(N2CCCC(CCO)C2)ccc1C(N)=S. The summed E-state index contributed by atoms with van der Waals surface area (Å²) >= 11 is 5.04. The number of hydrogen-bond acceptors (Lipinski definition) is 3. The summed E-state index contributed by atoms with van der Waals surface area (Å²) in [6.45, 7) is 4.46. The Balaban J connectivity index is 2.13. The molecule has 0 amide bonds. The highest BCUT2D eigenvalue weighted by Crippen LogP contribution is 2.26. The molecule has 0 saturated carbocycles. The fourth-order valence-corrected chi connectivity index (χ4v) is 3.07. The zero-order valence-corrected chi connectivity index (χ0v) is 12.2. The maximum atomic E-state index is 9.07. The first-order valence-corrected chi connectivity index (χ1v) is 7.29. The Labute approximate surface area is 120 Å². The Morgan fingerprint density at radius 1 is 1.53 bits per heavy atom. The number of rotatable bonds is 4. The third-order valence-corrected chi connectivity index (χ3v) is 4.12. The van der Waals surface area contributed by atoms with Gasteiger partial charge in [0.1, 0.15) is 4.99 Å². The van der Waals surface area contributed by atoms with Crippen LogP contribution >= 0.6 is 12.2 Å². The number of aliphatic hydroxyl groups excluding tert-OH is 1. The van der Waals surface area contributed by atoms with Gasteiger partial charge < -0.3 is 15.7 Å². The standard InChI is InChI=1S/C15H22N2OS/c1-11-9-13(4-5-14(11)15(16)19)17-7-2-3-12(10-17)6-8-18/h4-5,9,12,18H,2-3,6-8,10H2,1H3,(H2,16,19). The Hall–Kier alpha value is -1.13. The molecular weight excluding hydrogens is 256 g/mol. The van der Waals surface area contributed by atoms with Crippen molar-refractivity contribution >= 4 is 22.9 Å². The Bertz CT molecular complexity index is 459. The lowest BCUT2D eigenvalue weighted by Gasteiger charge is -2.34. The first-order valence-electron chi connectivity index (χ1n) is 6.88. The lowest BCUT2D eigenvalue weighted by Crippen LogP contribution is -2.35. The summed E-state index contributed by atoms with van der Waals surface area (Å²) < 4.78 is 0. The van der Waals surface area contributed by atoms with Crippen molar-refractivity contribution < 1.29 is 5.11 Å². The fraction of sp³-hybridized carbons (Fsp3) is 0.533. The molecule has 3 N–H and O–H groups in total. The quantitative estimate of drug-likeness (QED) is 0.829. The van der Waals surface area contributed by atoms with Crippen LogP contribution < -0.4 is 10.6 Å². The molecule has 1 aliphatic rings. The predicted octanol–water partition coefficient (Wildman–Crippen LogP) is 2.23. The summed E-state index contributed by atoms with van der Waals surface area (Å²) in [5.74, 6) is 0.606. The van der Waals surface area contributed by atoms with Crippen LogP contribution in [0.4, 0.5) is 5.69 Å². The summed E-state index contributed by atoms with van der Waals surface area (Å²) in [6, 6.07) is 6.28. The maximum absolute atomic E-state index is 9.07. The van der Waals surface area contributed by atoms with E-state index in [1.165, 1.54) is 18.5 Å². The molecule has 0 spiro atoms. The number of nitrogens with zero attached hydrogens (tertiary/aromatic N) is 1. The molecule has 1 fully saturated rings. The number of hydrogen-bond donors (Lipinski definition) is 2. The average Bonchev–Trinajstić information content (AvgIpc) is 2.39. The molecular formula is C15H22N2OS. The van der Waals surface area contributed by atoms with Gasteiger partial charge in [0.05, 0.1) is 0 Å². The van der Waals surface area contributed by atoms with E-state index in [0.717, 1.165) is 30.6 Å². The van der Waals surface area contributed by atoms with Crippen LogP contribution in [0, 0.1) is 12.8 Å². The highest BCUT2D eigenvalue weighted by atomic mass is 32.1. The second-order valence-corrected chi connectivity index (χ2v) is 5.77. The Kier molecular flexibility index (Phi) is 4.77. The number of aryl methyl sites for hydroxylation is 1. The Morgan fingerprint density at radius 2 is 2.32 bits per heavy atom. The average molecular weight is 278 g/mol. The van der Waals surface area contributed by atoms with Crippen LogP contribution in [0.1, 0.15) is 30.4 Å². The molecule has 1 heterocycles. The van der Waals surface area contributed by atoms with E-state index in [9.17, 15) is 0 Å². The largest absolute Gasteiger partial charge is 0.396 e. The molecule has 1 aromatic carbocycles. The highest BCUT2D eigenvalue weighted by molar-refractivity contribution is 7.80. The van der Waals surface area contributed by atoms with Crippen LogP contribution in [0.2, 0.25) is 0 Å². The summed E-state index contributed by atoms with van der Waals surface area (Å²) in [5.41, 5.74) is 9.03. The number of thiocarbonyl (C=S) groups is 1. The van der Waals surface area contributed by atoms with Crippen molar-refractivity contribution in [2.24, 2.45) is 11.7 Å². The van der Waals surface area contributed by atoms with Crippen LogP contribution in [0.5, 0.6) is 0 Å². The maximum Gasteiger partial charge on any atom is 0.104 e. The Morgan fingerprint density at radius 3 is 2.95 bits per heavy atom. The van der Waals surface area contributed by atoms with E-state index >= 15 is 0 Å². The van der Waals surface area contributed by atoms with E-state index < -0.39 is 0 Å². The molecule has 1 saturated heterocycles. The molecule has 1 aromatic rings. The van der Waals surface area contributed by atoms with Crippen LogP contribution in [0.15, 0.2) is 18.2 Å². The number of aliphatic hydroxyl groups is 1. The minimum absolute atomic E-state index is 0.290. The van der Waals surface area contributed by atoms with Crippen LogP contribution in [-0.2, 0) is 0 Å². The van der Waals surface area contributed by atoms with E-state index in [0.29, 0.717) is 10.9 Å². The molecule has 1 aliphatic heterocycles. The molecule has 19 heavy (non-hydrogen) atoms.